The van der Waals surface area contributed by atoms with Crippen LogP contribution in [0.25, 0.3) is 0 Å². The maximum Gasteiger partial charge on any atom is 0.413 e. The average Bonchev–Trinajstić information content (AvgIpc) is 3.12. The molecule has 3 rings (SSSR count). The van der Waals surface area contributed by atoms with Crippen LogP contribution in [-0.2, 0) is 28.9 Å². The van der Waals surface area contributed by atoms with Crippen molar-refractivity contribution in [3.8, 4) is 0 Å². The van der Waals surface area contributed by atoms with Gasteiger partial charge in [-0.1, -0.05) is 48.9 Å². The fraction of sp³-hybridized carbons (Fsp3) is 0.450. The number of carbonyl (C=O) groups is 2. The fourth-order valence-corrected chi connectivity index (χ4v) is 4.48. The number of benzene rings is 1. The van der Waals surface area contributed by atoms with Gasteiger partial charge in [0.05, 0.1) is 5.69 Å². The van der Waals surface area contributed by atoms with Crippen molar-refractivity contribution in [2.45, 2.75) is 45.3 Å². The van der Waals surface area contributed by atoms with Crippen LogP contribution in [0.3, 0.4) is 0 Å². The van der Waals surface area contributed by atoms with Crippen molar-refractivity contribution in [2.75, 3.05) is 17.9 Å². The number of nitrogens with one attached hydrogen (secondary N) is 1. The summed E-state index contributed by atoms with van der Waals surface area (Å²) in [4.78, 5) is 31.6. The molecule has 0 saturated carbocycles. The van der Waals surface area contributed by atoms with Gasteiger partial charge < -0.3 is 14.4 Å². The molecular weight excluding hydrogens is 414 g/mol. The maximum atomic E-state index is 12.2. The molecule has 1 atom stereocenters. The molecule has 0 fully saturated rings. The van der Waals surface area contributed by atoms with Crippen molar-refractivity contribution < 1.29 is 19.1 Å². The molecular formula is C20H24ClN3O4S. The molecule has 0 bridgehead atoms. The van der Waals surface area contributed by atoms with Crippen LogP contribution in [0.5, 0.6) is 0 Å². The van der Waals surface area contributed by atoms with Crippen LogP contribution < -0.4 is 5.32 Å². The standard InChI is InChI=1S/C20H24ClN3O4S/c1-2-10-24(20(26)28-13-21)15-8-9-16-17(11-15)29-18(22-16)23-19(25)27-12-14-6-4-3-5-7-14/h3-7,15H,2,8-13H2,1H3,(H,22,23,25)/t15-/m0/s1. The Labute approximate surface area is 179 Å². The van der Waals surface area contributed by atoms with E-state index < -0.39 is 6.09 Å². The third-order valence-electron chi connectivity index (χ3n) is 4.65. The van der Waals surface area contributed by atoms with Gasteiger partial charge in [-0.2, -0.15) is 0 Å². The Balaban J connectivity index is 1.58. The summed E-state index contributed by atoms with van der Waals surface area (Å²) in [5.74, 6) is 0. The van der Waals surface area contributed by atoms with E-state index in [1.807, 2.05) is 37.3 Å². The van der Waals surface area contributed by atoms with Gasteiger partial charge in [0.2, 0.25) is 0 Å². The molecule has 2 aromatic rings. The van der Waals surface area contributed by atoms with Crippen LogP contribution in [0.4, 0.5) is 14.7 Å². The Bertz CT molecular complexity index is 830. The number of rotatable bonds is 7. The first-order chi connectivity index (χ1) is 14.1. The van der Waals surface area contributed by atoms with Crippen molar-refractivity contribution in [1.82, 2.24) is 9.88 Å². The molecule has 0 radical (unpaired) electrons. The number of hydrogen-bond donors (Lipinski definition) is 1. The minimum absolute atomic E-state index is 0.0384. The lowest BCUT2D eigenvalue weighted by atomic mass is 9.96. The molecule has 1 N–H and O–H groups in total. The van der Waals surface area contributed by atoms with E-state index in [1.54, 1.807) is 4.90 Å². The van der Waals surface area contributed by atoms with Crippen LogP contribution >= 0.6 is 22.9 Å². The van der Waals surface area contributed by atoms with Crippen molar-refractivity contribution in [3.05, 3.63) is 46.5 Å². The first-order valence-corrected chi connectivity index (χ1v) is 10.9. The normalized spacial score (nSPS) is 15.3. The van der Waals surface area contributed by atoms with Gasteiger partial charge >= 0.3 is 12.2 Å². The van der Waals surface area contributed by atoms with Crippen LogP contribution in [0.15, 0.2) is 30.3 Å². The second-order valence-electron chi connectivity index (χ2n) is 6.68. The number of aryl methyl sites for hydroxylation is 1. The molecule has 9 heteroatoms. The van der Waals surface area contributed by atoms with Crippen LogP contribution in [0.2, 0.25) is 0 Å². The molecule has 0 saturated heterocycles. The van der Waals surface area contributed by atoms with E-state index in [0.717, 1.165) is 35.4 Å². The Morgan fingerprint density at radius 1 is 1.31 bits per heavy atom. The molecule has 0 unspecified atom stereocenters. The lowest BCUT2D eigenvalue weighted by molar-refractivity contribution is 0.0956. The molecule has 1 heterocycles. The van der Waals surface area contributed by atoms with E-state index >= 15 is 0 Å². The zero-order valence-electron chi connectivity index (χ0n) is 16.2. The summed E-state index contributed by atoms with van der Waals surface area (Å²) >= 11 is 6.97. The first-order valence-electron chi connectivity index (χ1n) is 9.56. The van der Waals surface area contributed by atoms with Gasteiger partial charge in [0.15, 0.2) is 11.2 Å². The number of aromatic nitrogens is 1. The van der Waals surface area contributed by atoms with Crippen LogP contribution in [-0.4, -0.2) is 40.7 Å². The largest absolute Gasteiger partial charge is 0.444 e. The first kappa shape index (κ1) is 21.4. The molecule has 156 valence electrons. The highest BCUT2D eigenvalue weighted by atomic mass is 35.5. The summed E-state index contributed by atoms with van der Waals surface area (Å²) in [5.41, 5.74) is 1.88. The minimum Gasteiger partial charge on any atom is -0.444 e. The van der Waals surface area contributed by atoms with Crippen molar-refractivity contribution in [2.24, 2.45) is 0 Å². The second-order valence-corrected chi connectivity index (χ2v) is 7.99. The van der Waals surface area contributed by atoms with E-state index in [4.69, 9.17) is 21.1 Å². The molecule has 0 aliphatic heterocycles. The summed E-state index contributed by atoms with van der Waals surface area (Å²) in [6.07, 6.45) is 2.14. The average molecular weight is 438 g/mol. The Hall–Kier alpha value is -2.32. The lowest BCUT2D eigenvalue weighted by Crippen LogP contribution is -2.43. The highest BCUT2D eigenvalue weighted by Gasteiger charge is 2.30. The topological polar surface area (TPSA) is 80.8 Å². The van der Waals surface area contributed by atoms with E-state index in [-0.39, 0.29) is 24.8 Å². The summed E-state index contributed by atoms with van der Waals surface area (Å²) in [7, 11) is 0. The van der Waals surface area contributed by atoms with Crippen LogP contribution in [0, 0.1) is 0 Å². The Morgan fingerprint density at radius 3 is 2.83 bits per heavy atom. The smallest absolute Gasteiger partial charge is 0.413 e. The summed E-state index contributed by atoms with van der Waals surface area (Å²) in [6.45, 7) is 2.84. The molecule has 29 heavy (non-hydrogen) atoms. The highest BCUT2D eigenvalue weighted by Crippen LogP contribution is 2.32. The van der Waals surface area contributed by atoms with Gasteiger partial charge in [0.1, 0.15) is 6.61 Å². The molecule has 1 aliphatic rings. The monoisotopic (exact) mass is 437 g/mol. The SMILES string of the molecule is CCCN(C(=O)OCCl)[C@H]1CCc2nc(NC(=O)OCc3ccccc3)sc2C1. The molecule has 1 aromatic carbocycles. The quantitative estimate of drug-likeness (QED) is 0.629. The molecule has 7 nitrogen and oxygen atoms in total. The highest BCUT2D eigenvalue weighted by molar-refractivity contribution is 7.15. The predicted octanol–water partition coefficient (Wildman–Crippen LogP) is 4.79. The molecule has 1 aromatic heterocycles. The van der Waals surface area contributed by atoms with Crippen molar-refractivity contribution in [1.29, 1.82) is 0 Å². The number of ether oxygens (including phenoxy) is 2. The van der Waals surface area contributed by atoms with Crippen molar-refractivity contribution in [3.63, 3.8) is 0 Å². The van der Waals surface area contributed by atoms with Gasteiger partial charge in [0.25, 0.3) is 0 Å². The Morgan fingerprint density at radius 2 is 2.10 bits per heavy atom. The third-order valence-corrected chi connectivity index (χ3v) is 5.80. The number of alkyl halides is 1. The van der Waals surface area contributed by atoms with E-state index in [0.29, 0.717) is 18.1 Å². The molecule has 1 aliphatic carbocycles. The molecule has 0 spiro atoms. The summed E-state index contributed by atoms with van der Waals surface area (Å²) in [5, 5.41) is 3.22. The number of fused-ring (bicyclic) bond motifs is 1. The van der Waals surface area contributed by atoms with E-state index in [1.165, 1.54) is 11.3 Å². The number of hydrogen-bond acceptors (Lipinski definition) is 6. The number of amides is 2. The minimum atomic E-state index is -0.533. The number of nitrogens with zero attached hydrogens (tertiary/aromatic N) is 2. The summed E-state index contributed by atoms with van der Waals surface area (Å²) in [6, 6.07) is 9.38. The third kappa shape index (κ3) is 5.83. The van der Waals surface area contributed by atoms with Crippen LogP contribution in [0.1, 0.15) is 35.9 Å². The lowest BCUT2D eigenvalue weighted by Gasteiger charge is -2.32. The predicted molar refractivity (Wildman–Crippen MR) is 112 cm³/mol. The zero-order chi connectivity index (χ0) is 20.6. The Kier molecular flexibility index (Phi) is 7.71. The van der Waals surface area contributed by atoms with E-state index in [9.17, 15) is 9.59 Å². The zero-order valence-corrected chi connectivity index (χ0v) is 17.8. The van der Waals surface area contributed by atoms with Gasteiger partial charge in [-0.3, -0.25) is 5.32 Å². The van der Waals surface area contributed by atoms with Crippen molar-refractivity contribution >= 4 is 40.3 Å². The summed E-state index contributed by atoms with van der Waals surface area (Å²) < 4.78 is 10.2. The maximum absolute atomic E-state index is 12.2. The number of anilines is 1. The number of thiazole rings is 1. The van der Waals surface area contributed by atoms with E-state index in [2.05, 4.69) is 10.3 Å². The molecule has 2 amide bonds. The van der Waals surface area contributed by atoms with Gasteiger partial charge in [-0.05, 0) is 24.8 Å². The van der Waals surface area contributed by atoms with Gasteiger partial charge in [-0.25, -0.2) is 14.6 Å². The second kappa shape index (κ2) is 10.5. The number of carbonyl (C=O) groups excluding carboxylic acids is 2. The van der Waals surface area contributed by atoms with Gasteiger partial charge in [0, 0.05) is 23.9 Å². The number of halogens is 1. The fourth-order valence-electron chi connectivity index (χ4n) is 3.32. The van der Waals surface area contributed by atoms with Gasteiger partial charge in [-0.15, -0.1) is 11.3 Å².